The zero-order chi connectivity index (χ0) is 25.7. The second-order valence-corrected chi connectivity index (χ2v) is 8.61. The molecule has 3 aromatic rings. The Bertz CT molecular complexity index is 1280. The van der Waals surface area contributed by atoms with E-state index < -0.39 is 24.4 Å². The highest BCUT2D eigenvalue weighted by Crippen LogP contribution is 2.29. The lowest BCUT2D eigenvalue weighted by molar-refractivity contribution is -0.151. The molecule has 3 aromatic carbocycles. The normalized spacial score (nSPS) is 14.9. The quantitative estimate of drug-likeness (QED) is 0.371. The van der Waals surface area contributed by atoms with Crippen molar-refractivity contribution >= 4 is 34.9 Å². The van der Waals surface area contributed by atoms with Gasteiger partial charge in [0.15, 0.2) is 12.4 Å². The number of nitrogens with zero attached hydrogens (tertiary/aromatic N) is 1. The average Bonchev–Trinajstić information content (AvgIpc) is 3.26. The van der Waals surface area contributed by atoms with Gasteiger partial charge in [0, 0.05) is 29.9 Å². The fraction of sp³-hybridized carbons (Fsp3) is 0.214. The molecule has 2 amide bonds. The minimum atomic E-state index is -0.671. The van der Waals surface area contributed by atoms with Gasteiger partial charge in [-0.25, -0.2) is 0 Å². The van der Waals surface area contributed by atoms with Crippen molar-refractivity contribution in [3.05, 3.63) is 83.9 Å². The van der Waals surface area contributed by atoms with Crippen LogP contribution in [0.5, 0.6) is 11.5 Å². The van der Waals surface area contributed by atoms with E-state index in [1.54, 1.807) is 48.5 Å². The lowest BCUT2D eigenvalue weighted by atomic mass is 10.1. The molecule has 0 bridgehead atoms. The van der Waals surface area contributed by atoms with Crippen molar-refractivity contribution in [3.63, 3.8) is 0 Å². The van der Waals surface area contributed by atoms with Gasteiger partial charge < -0.3 is 19.7 Å². The highest BCUT2D eigenvalue weighted by atomic mass is 16.5. The number of hydrogen-bond donors (Lipinski definition) is 1. The minimum Gasteiger partial charge on any atom is -0.457 e. The predicted octanol–water partition coefficient (Wildman–Crippen LogP) is 4.52. The van der Waals surface area contributed by atoms with Crippen molar-refractivity contribution in [3.8, 4) is 11.5 Å². The molecule has 0 aromatic heterocycles. The molecular weight excluding hydrogens is 460 g/mol. The summed E-state index contributed by atoms with van der Waals surface area (Å²) in [5, 5.41) is 2.59. The number of ether oxygens (including phenoxy) is 2. The summed E-state index contributed by atoms with van der Waals surface area (Å²) < 4.78 is 11.0. The smallest absolute Gasteiger partial charge is 0.311 e. The fourth-order valence-corrected chi connectivity index (χ4v) is 3.82. The second kappa shape index (κ2) is 10.9. The van der Waals surface area contributed by atoms with Crippen molar-refractivity contribution in [2.45, 2.75) is 20.3 Å². The largest absolute Gasteiger partial charge is 0.457 e. The van der Waals surface area contributed by atoms with Crippen LogP contribution in [0.2, 0.25) is 0 Å². The summed E-state index contributed by atoms with van der Waals surface area (Å²) in [6.45, 7) is 3.11. The Morgan fingerprint density at radius 2 is 1.64 bits per heavy atom. The maximum Gasteiger partial charge on any atom is 0.311 e. The Morgan fingerprint density at radius 3 is 2.31 bits per heavy atom. The van der Waals surface area contributed by atoms with Gasteiger partial charge in [-0.15, -0.1) is 0 Å². The van der Waals surface area contributed by atoms with Crippen molar-refractivity contribution in [2.75, 3.05) is 23.4 Å². The molecule has 1 heterocycles. The van der Waals surface area contributed by atoms with Crippen LogP contribution in [0.4, 0.5) is 11.4 Å². The van der Waals surface area contributed by atoms with E-state index in [2.05, 4.69) is 5.32 Å². The van der Waals surface area contributed by atoms with Gasteiger partial charge in [-0.05, 0) is 62.4 Å². The van der Waals surface area contributed by atoms with Crippen molar-refractivity contribution in [2.24, 2.45) is 5.92 Å². The summed E-state index contributed by atoms with van der Waals surface area (Å²) in [5.74, 6) is -0.799. The first-order valence-corrected chi connectivity index (χ1v) is 11.5. The zero-order valence-corrected chi connectivity index (χ0v) is 20.0. The van der Waals surface area contributed by atoms with Crippen molar-refractivity contribution in [1.29, 1.82) is 0 Å². The van der Waals surface area contributed by atoms with Crippen molar-refractivity contribution in [1.82, 2.24) is 0 Å². The first-order chi connectivity index (χ1) is 17.3. The molecule has 36 heavy (non-hydrogen) atoms. The number of esters is 1. The summed E-state index contributed by atoms with van der Waals surface area (Å²) in [7, 11) is 0. The van der Waals surface area contributed by atoms with Crippen LogP contribution < -0.4 is 15.0 Å². The third-order valence-corrected chi connectivity index (χ3v) is 5.76. The number of nitrogens with one attached hydrogen (secondary N) is 1. The van der Waals surface area contributed by atoms with E-state index in [0.717, 1.165) is 5.56 Å². The van der Waals surface area contributed by atoms with Gasteiger partial charge in [-0.3, -0.25) is 19.2 Å². The molecule has 0 spiro atoms. The molecule has 0 unspecified atom stereocenters. The van der Waals surface area contributed by atoms with Crippen LogP contribution in [0.3, 0.4) is 0 Å². The van der Waals surface area contributed by atoms with Gasteiger partial charge >= 0.3 is 5.97 Å². The molecular formula is C28H26N2O6. The molecule has 8 heteroatoms. The van der Waals surface area contributed by atoms with E-state index in [4.69, 9.17) is 9.47 Å². The van der Waals surface area contributed by atoms with E-state index in [-0.39, 0.29) is 24.7 Å². The number of ketones is 1. The number of carbonyl (C=O) groups excluding carboxylic acids is 4. The molecule has 1 N–H and O–H groups in total. The molecule has 0 aliphatic carbocycles. The van der Waals surface area contributed by atoms with Gasteiger partial charge in [-0.2, -0.15) is 0 Å². The highest BCUT2D eigenvalue weighted by Gasteiger charge is 2.36. The number of anilines is 2. The van der Waals surface area contributed by atoms with Crippen LogP contribution in [0.25, 0.3) is 0 Å². The molecule has 1 aliphatic heterocycles. The third-order valence-electron chi connectivity index (χ3n) is 5.76. The molecule has 1 aliphatic rings. The minimum absolute atomic E-state index is 0.00271. The Morgan fingerprint density at radius 1 is 0.972 bits per heavy atom. The van der Waals surface area contributed by atoms with Crippen LogP contribution in [0.15, 0.2) is 72.8 Å². The average molecular weight is 487 g/mol. The van der Waals surface area contributed by atoms with Gasteiger partial charge in [0.2, 0.25) is 5.91 Å². The third kappa shape index (κ3) is 6.15. The van der Waals surface area contributed by atoms with Gasteiger partial charge in [0.05, 0.1) is 5.92 Å². The number of carbonyl (C=O) groups is 4. The van der Waals surface area contributed by atoms with Crippen LogP contribution in [0.1, 0.15) is 29.3 Å². The molecule has 0 saturated carbocycles. The summed E-state index contributed by atoms with van der Waals surface area (Å²) >= 11 is 0. The Labute approximate surface area is 208 Å². The van der Waals surface area contributed by atoms with Gasteiger partial charge in [0.25, 0.3) is 5.91 Å². The summed E-state index contributed by atoms with van der Waals surface area (Å²) in [5.41, 5.74) is 2.68. The molecule has 0 radical (unpaired) electrons. The van der Waals surface area contributed by atoms with E-state index in [0.29, 0.717) is 28.4 Å². The second-order valence-electron chi connectivity index (χ2n) is 8.61. The van der Waals surface area contributed by atoms with E-state index in [1.165, 1.54) is 11.8 Å². The number of hydrogen-bond acceptors (Lipinski definition) is 6. The fourth-order valence-electron chi connectivity index (χ4n) is 3.82. The van der Waals surface area contributed by atoms with Gasteiger partial charge in [0.1, 0.15) is 11.5 Å². The Hall–Kier alpha value is -4.46. The maximum atomic E-state index is 12.5. The Kier molecular flexibility index (Phi) is 7.44. The zero-order valence-electron chi connectivity index (χ0n) is 20.0. The van der Waals surface area contributed by atoms with Crippen LogP contribution >= 0.6 is 0 Å². The van der Waals surface area contributed by atoms with E-state index >= 15 is 0 Å². The number of aryl methyl sites for hydroxylation is 1. The highest BCUT2D eigenvalue weighted by molar-refractivity contribution is 6.00. The summed E-state index contributed by atoms with van der Waals surface area (Å²) in [4.78, 5) is 50.2. The SMILES string of the molecule is CC(=O)c1cccc(NC(=O)COC(=O)[C@H]2CC(=O)N(c3ccc(Oc4ccc(C)cc4)cc3)C2)c1. The number of rotatable bonds is 8. The topological polar surface area (TPSA) is 102 Å². The molecule has 1 atom stereocenters. The molecule has 1 saturated heterocycles. The van der Waals surface area contributed by atoms with Crippen LogP contribution in [-0.4, -0.2) is 36.7 Å². The monoisotopic (exact) mass is 486 g/mol. The van der Waals surface area contributed by atoms with Gasteiger partial charge in [-0.1, -0.05) is 29.8 Å². The number of amides is 2. The lowest BCUT2D eigenvalue weighted by Gasteiger charge is -2.17. The van der Waals surface area contributed by atoms with Crippen molar-refractivity contribution < 1.29 is 28.7 Å². The summed E-state index contributed by atoms with van der Waals surface area (Å²) in [6, 6.07) is 21.2. The molecule has 4 rings (SSSR count). The maximum absolute atomic E-state index is 12.5. The number of benzene rings is 3. The van der Waals surface area contributed by atoms with E-state index in [1.807, 2.05) is 31.2 Å². The Balaban J connectivity index is 1.28. The number of Topliss-reactive ketones (excluding diaryl/α,β-unsaturated/α-hetero) is 1. The molecule has 8 nitrogen and oxygen atoms in total. The first-order valence-electron chi connectivity index (χ1n) is 11.5. The first kappa shape index (κ1) is 24.7. The summed E-state index contributed by atoms with van der Waals surface area (Å²) in [6.07, 6.45) is 0.00271. The lowest BCUT2D eigenvalue weighted by Crippen LogP contribution is -2.28. The standard InChI is InChI=1S/C28H26N2O6/c1-18-6-10-24(11-7-18)36-25-12-8-23(9-13-25)30-16-21(15-27(30)33)28(34)35-17-26(32)29-22-5-3-4-20(14-22)19(2)31/h3-14,21H,15-17H2,1-2H3,(H,29,32)/t21-/m0/s1. The molecule has 1 fully saturated rings. The predicted molar refractivity (Wildman–Crippen MR) is 134 cm³/mol. The van der Waals surface area contributed by atoms with Crippen LogP contribution in [0, 0.1) is 12.8 Å². The van der Waals surface area contributed by atoms with E-state index in [9.17, 15) is 19.2 Å². The van der Waals surface area contributed by atoms with Crippen LogP contribution in [-0.2, 0) is 19.1 Å². The molecule has 184 valence electrons.